The highest BCUT2D eigenvalue weighted by molar-refractivity contribution is 6.30. The summed E-state index contributed by atoms with van der Waals surface area (Å²) in [5.74, 6) is 1.52. The number of hydrogen-bond acceptors (Lipinski definition) is 4. The molecule has 0 radical (unpaired) electrons. The van der Waals surface area contributed by atoms with Crippen LogP contribution < -0.4 is 5.32 Å². The fraction of sp³-hybridized carbons (Fsp3) is 0.357. The lowest BCUT2D eigenvalue weighted by Crippen LogP contribution is -2.24. The highest BCUT2D eigenvalue weighted by atomic mass is 35.5. The van der Waals surface area contributed by atoms with Gasteiger partial charge in [-0.05, 0) is 36.6 Å². The summed E-state index contributed by atoms with van der Waals surface area (Å²) in [6.45, 7) is 2.33. The zero-order valence-electron chi connectivity index (χ0n) is 11.0. The molecule has 0 spiro atoms. The maximum atomic E-state index is 11.7. The summed E-state index contributed by atoms with van der Waals surface area (Å²) >= 11 is 5.82. The summed E-state index contributed by atoms with van der Waals surface area (Å²) < 4.78 is 5.51. The Morgan fingerprint density at radius 1 is 1.40 bits per heavy atom. The van der Waals surface area contributed by atoms with Crippen LogP contribution in [0.1, 0.15) is 19.2 Å². The molecule has 1 aromatic heterocycles. The van der Waals surface area contributed by atoms with Gasteiger partial charge in [0.2, 0.25) is 17.7 Å². The van der Waals surface area contributed by atoms with Gasteiger partial charge in [-0.1, -0.05) is 18.5 Å². The molecule has 0 bridgehead atoms. The molecule has 1 fully saturated rings. The molecule has 1 saturated carbocycles. The quantitative estimate of drug-likeness (QED) is 0.940. The fourth-order valence-corrected chi connectivity index (χ4v) is 2.14. The monoisotopic (exact) mass is 291 g/mol. The molecule has 0 saturated heterocycles. The Bertz CT molecular complexity index is 624. The maximum absolute atomic E-state index is 11.7. The van der Waals surface area contributed by atoms with Gasteiger partial charge in [-0.15, -0.1) is 10.2 Å². The molecule has 1 aliphatic rings. The van der Waals surface area contributed by atoms with E-state index in [1.807, 2.05) is 12.1 Å². The van der Waals surface area contributed by atoms with Crippen molar-refractivity contribution in [2.45, 2.75) is 19.9 Å². The predicted molar refractivity (Wildman–Crippen MR) is 73.9 cm³/mol. The summed E-state index contributed by atoms with van der Waals surface area (Å²) in [5.41, 5.74) is 0.801. The molecule has 1 heterocycles. The first-order chi connectivity index (χ1) is 9.63. The number of halogens is 1. The Hall–Kier alpha value is -1.88. The third kappa shape index (κ3) is 2.82. The predicted octanol–water partition coefficient (Wildman–Crippen LogP) is 2.66. The minimum atomic E-state index is 0.0590. The van der Waals surface area contributed by atoms with Crippen molar-refractivity contribution in [3.8, 4) is 11.5 Å². The molecule has 1 aromatic carbocycles. The van der Waals surface area contributed by atoms with E-state index in [0.29, 0.717) is 22.7 Å². The van der Waals surface area contributed by atoms with Crippen LogP contribution in [0.5, 0.6) is 0 Å². The van der Waals surface area contributed by atoms with E-state index in [-0.39, 0.29) is 18.4 Å². The van der Waals surface area contributed by atoms with E-state index in [9.17, 15) is 4.79 Å². The van der Waals surface area contributed by atoms with Gasteiger partial charge in [0, 0.05) is 16.5 Å². The van der Waals surface area contributed by atoms with Gasteiger partial charge in [0.1, 0.15) is 0 Å². The van der Waals surface area contributed by atoms with Crippen LogP contribution in [-0.4, -0.2) is 16.1 Å². The summed E-state index contributed by atoms with van der Waals surface area (Å²) in [4.78, 5) is 11.7. The maximum Gasteiger partial charge on any atom is 0.247 e. The molecule has 0 unspecified atom stereocenters. The number of benzene rings is 1. The lowest BCUT2D eigenvalue weighted by molar-refractivity contribution is -0.122. The van der Waals surface area contributed by atoms with Crippen LogP contribution in [0.2, 0.25) is 5.02 Å². The van der Waals surface area contributed by atoms with Crippen LogP contribution in [0.4, 0.5) is 0 Å². The molecule has 2 atom stereocenters. The first kappa shape index (κ1) is 13.1. The number of rotatable bonds is 4. The van der Waals surface area contributed by atoms with Crippen molar-refractivity contribution in [2.24, 2.45) is 11.8 Å². The first-order valence-corrected chi connectivity index (χ1v) is 6.87. The highest BCUT2D eigenvalue weighted by Crippen LogP contribution is 2.37. The normalized spacial score (nSPS) is 20.7. The average Bonchev–Trinajstić information content (AvgIpc) is 3.00. The van der Waals surface area contributed by atoms with Crippen molar-refractivity contribution >= 4 is 17.5 Å². The Balaban J connectivity index is 1.62. The number of carbonyl (C=O) groups is 1. The van der Waals surface area contributed by atoms with Crippen molar-refractivity contribution in [3.05, 3.63) is 35.2 Å². The number of amides is 1. The third-order valence-corrected chi connectivity index (χ3v) is 3.67. The van der Waals surface area contributed by atoms with Gasteiger partial charge in [0.25, 0.3) is 0 Å². The largest absolute Gasteiger partial charge is 0.419 e. The zero-order chi connectivity index (χ0) is 14.1. The molecule has 5 nitrogen and oxygen atoms in total. The standard InChI is InChI=1S/C14H14ClN3O2/c1-8-6-11(8)13(19)16-7-12-17-18-14(20-12)9-2-4-10(15)5-3-9/h2-5,8,11H,6-7H2,1H3,(H,16,19)/t8-,11+/m0/s1. The second-order valence-electron chi connectivity index (χ2n) is 5.05. The van der Waals surface area contributed by atoms with Gasteiger partial charge < -0.3 is 9.73 Å². The van der Waals surface area contributed by atoms with Crippen molar-refractivity contribution < 1.29 is 9.21 Å². The van der Waals surface area contributed by atoms with Crippen LogP contribution in [-0.2, 0) is 11.3 Å². The first-order valence-electron chi connectivity index (χ1n) is 6.49. The van der Waals surface area contributed by atoms with E-state index in [1.165, 1.54) is 0 Å². The smallest absolute Gasteiger partial charge is 0.247 e. The SMILES string of the molecule is C[C@H]1C[C@H]1C(=O)NCc1nnc(-c2ccc(Cl)cc2)o1. The average molecular weight is 292 g/mol. The summed E-state index contributed by atoms with van der Waals surface area (Å²) in [7, 11) is 0. The van der Waals surface area contributed by atoms with E-state index in [0.717, 1.165) is 12.0 Å². The number of nitrogens with zero attached hydrogens (tertiary/aromatic N) is 2. The number of carbonyl (C=O) groups excluding carboxylic acids is 1. The molecule has 104 valence electrons. The number of nitrogens with one attached hydrogen (secondary N) is 1. The summed E-state index contributed by atoms with van der Waals surface area (Å²) in [5, 5.41) is 11.3. The second-order valence-corrected chi connectivity index (χ2v) is 5.48. The molecule has 20 heavy (non-hydrogen) atoms. The third-order valence-electron chi connectivity index (χ3n) is 3.42. The van der Waals surface area contributed by atoms with Gasteiger partial charge in [0.05, 0.1) is 6.54 Å². The Kier molecular flexibility index (Phi) is 3.44. The van der Waals surface area contributed by atoms with Gasteiger partial charge in [-0.3, -0.25) is 4.79 Å². The van der Waals surface area contributed by atoms with E-state index < -0.39 is 0 Å². The van der Waals surface area contributed by atoms with Crippen molar-refractivity contribution in [3.63, 3.8) is 0 Å². The number of hydrogen-bond donors (Lipinski definition) is 1. The highest BCUT2D eigenvalue weighted by Gasteiger charge is 2.38. The van der Waals surface area contributed by atoms with Gasteiger partial charge in [-0.2, -0.15) is 0 Å². The topological polar surface area (TPSA) is 68.0 Å². The van der Waals surface area contributed by atoms with Crippen molar-refractivity contribution in [1.82, 2.24) is 15.5 Å². The lowest BCUT2D eigenvalue weighted by atomic mass is 10.2. The second kappa shape index (κ2) is 5.25. The number of aromatic nitrogens is 2. The van der Waals surface area contributed by atoms with E-state index >= 15 is 0 Å². The van der Waals surface area contributed by atoms with Crippen LogP contribution >= 0.6 is 11.6 Å². The molecule has 1 aliphatic carbocycles. The van der Waals surface area contributed by atoms with Crippen LogP contribution in [0.15, 0.2) is 28.7 Å². The van der Waals surface area contributed by atoms with Crippen molar-refractivity contribution in [2.75, 3.05) is 0 Å². The lowest BCUT2D eigenvalue weighted by Gasteiger charge is -2.00. The molecule has 1 N–H and O–H groups in total. The Labute approximate surface area is 121 Å². The molecular formula is C14H14ClN3O2. The van der Waals surface area contributed by atoms with Crippen LogP contribution in [0.3, 0.4) is 0 Å². The molecule has 6 heteroatoms. The molecule has 0 aliphatic heterocycles. The Morgan fingerprint density at radius 3 is 2.75 bits per heavy atom. The zero-order valence-corrected chi connectivity index (χ0v) is 11.7. The summed E-state index contributed by atoms with van der Waals surface area (Å²) in [6, 6.07) is 7.14. The van der Waals surface area contributed by atoms with Crippen LogP contribution in [0.25, 0.3) is 11.5 Å². The van der Waals surface area contributed by atoms with Gasteiger partial charge in [0.15, 0.2) is 0 Å². The Morgan fingerprint density at radius 2 is 2.10 bits per heavy atom. The molecular weight excluding hydrogens is 278 g/mol. The molecule has 3 rings (SSSR count). The summed E-state index contributed by atoms with van der Waals surface area (Å²) in [6.07, 6.45) is 0.964. The fourth-order valence-electron chi connectivity index (χ4n) is 2.02. The molecule has 2 aromatic rings. The minimum absolute atomic E-state index is 0.0590. The van der Waals surface area contributed by atoms with Gasteiger partial charge in [-0.25, -0.2) is 0 Å². The van der Waals surface area contributed by atoms with Gasteiger partial charge >= 0.3 is 0 Å². The van der Waals surface area contributed by atoms with E-state index in [2.05, 4.69) is 22.4 Å². The van der Waals surface area contributed by atoms with E-state index in [4.69, 9.17) is 16.0 Å². The van der Waals surface area contributed by atoms with E-state index in [1.54, 1.807) is 12.1 Å². The van der Waals surface area contributed by atoms with Crippen LogP contribution in [0, 0.1) is 11.8 Å². The molecule has 1 amide bonds. The van der Waals surface area contributed by atoms with Crippen molar-refractivity contribution in [1.29, 1.82) is 0 Å². The minimum Gasteiger partial charge on any atom is -0.419 e.